The topological polar surface area (TPSA) is 86.3 Å². The molecular formula is C18H11BFN3O3. The van der Waals surface area contributed by atoms with Crippen LogP contribution in [-0.4, -0.2) is 46.7 Å². The summed E-state index contributed by atoms with van der Waals surface area (Å²) in [4.78, 5) is 32.8. The molecular weight excluding hydrogens is 336 g/mol. The monoisotopic (exact) mass is 347 g/mol. The van der Waals surface area contributed by atoms with Crippen LogP contribution in [0.3, 0.4) is 0 Å². The molecule has 1 aliphatic heterocycles. The van der Waals surface area contributed by atoms with E-state index in [4.69, 9.17) is 7.85 Å². The first kappa shape index (κ1) is 16.1. The molecule has 0 fully saturated rings. The molecule has 2 N–H and O–H groups in total. The van der Waals surface area contributed by atoms with Crippen molar-refractivity contribution in [2.45, 2.75) is 0 Å². The van der Waals surface area contributed by atoms with Crippen LogP contribution in [0.1, 0.15) is 5.56 Å². The Hall–Kier alpha value is -3.42. The number of halogens is 1. The minimum Gasteiger partial charge on any atom is -0.508 e. The Morgan fingerprint density at radius 2 is 1.96 bits per heavy atom. The van der Waals surface area contributed by atoms with Crippen LogP contribution >= 0.6 is 0 Å². The van der Waals surface area contributed by atoms with E-state index in [0.29, 0.717) is 27.9 Å². The summed E-state index contributed by atoms with van der Waals surface area (Å²) in [6, 6.07) is 7.26. The number of likely N-dealkylation sites (N-methyl/N-ethyl adjacent to an activating group) is 1. The van der Waals surface area contributed by atoms with E-state index in [1.54, 1.807) is 6.07 Å². The molecule has 0 saturated carbocycles. The Morgan fingerprint density at radius 1 is 1.19 bits per heavy atom. The fraction of sp³-hybridized carbons (Fsp3) is 0.0556. The molecule has 0 spiro atoms. The van der Waals surface area contributed by atoms with Gasteiger partial charge in [0.05, 0.1) is 17.6 Å². The first-order valence-electron chi connectivity index (χ1n) is 7.67. The van der Waals surface area contributed by atoms with Gasteiger partial charge in [-0.15, -0.1) is 0 Å². The summed E-state index contributed by atoms with van der Waals surface area (Å²) in [5.74, 6) is -1.67. The molecule has 1 aliphatic rings. The summed E-state index contributed by atoms with van der Waals surface area (Å²) in [5.41, 5.74) is 1.55. The molecule has 26 heavy (non-hydrogen) atoms. The molecule has 4 rings (SSSR count). The fourth-order valence-electron chi connectivity index (χ4n) is 3.06. The van der Waals surface area contributed by atoms with Gasteiger partial charge in [-0.2, -0.15) is 0 Å². The number of fused-ring (bicyclic) bond motifs is 1. The third-order valence-electron chi connectivity index (χ3n) is 4.34. The minimum absolute atomic E-state index is 0.0133. The number of H-pyrrole nitrogens is 1. The van der Waals surface area contributed by atoms with Crippen molar-refractivity contribution in [1.29, 1.82) is 0 Å². The smallest absolute Gasteiger partial charge is 0.260 e. The summed E-state index contributed by atoms with van der Waals surface area (Å²) in [6.45, 7) is 0. The second kappa shape index (κ2) is 5.55. The molecule has 3 heterocycles. The standard InChI is InChI=1S/C18H11BFN3O3/c1-23-17(25)14(15(19)18(23)26)13-10-6-9(24)3-5-11(10)22-16(13)12-4-2-8(20)7-21-12/h2-7,22,24H,1H3. The molecule has 2 radical (unpaired) electrons. The highest BCUT2D eigenvalue weighted by Crippen LogP contribution is 2.39. The first-order chi connectivity index (χ1) is 12.4. The van der Waals surface area contributed by atoms with Gasteiger partial charge >= 0.3 is 0 Å². The van der Waals surface area contributed by atoms with Gasteiger partial charge in [-0.05, 0) is 35.8 Å². The number of carbonyl (C=O) groups is 2. The maximum absolute atomic E-state index is 13.2. The zero-order chi connectivity index (χ0) is 18.6. The molecule has 6 nitrogen and oxygen atoms in total. The maximum Gasteiger partial charge on any atom is 0.260 e. The normalized spacial score (nSPS) is 14.8. The number of amides is 2. The third kappa shape index (κ3) is 2.22. The molecule has 126 valence electrons. The highest BCUT2D eigenvalue weighted by atomic mass is 19.1. The average Bonchev–Trinajstić information content (AvgIpc) is 3.07. The molecule has 2 amide bonds. The SMILES string of the molecule is [B]C1=C(c2c(-c3ccc(F)cn3)[nH]c3ccc(O)cc23)C(=O)N(C)C1=O. The summed E-state index contributed by atoms with van der Waals surface area (Å²) in [6.07, 6.45) is 1.05. The predicted molar refractivity (Wildman–Crippen MR) is 93.6 cm³/mol. The molecule has 2 aromatic heterocycles. The maximum atomic E-state index is 13.2. The Labute approximate surface area is 148 Å². The lowest BCUT2D eigenvalue weighted by molar-refractivity contribution is -0.134. The van der Waals surface area contributed by atoms with Gasteiger partial charge in [0.1, 0.15) is 19.4 Å². The molecule has 0 saturated heterocycles. The lowest BCUT2D eigenvalue weighted by Gasteiger charge is -2.08. The second-order valence-electron chi connectivity index (χ2n) is 5.92. The lowest BCUT2D eigenvalue weighted by Crippen LogP contribution is -2.26. The van der Waals surface area contributed by atoms with Crippen molar-refractivity contribution in [2.75, 3.05) is 7.05 Å². The van der Waals surface area contributed by atoms with Gasteiger partial charge in [0.25, 0.3) is 5.91 Å². The van der Waals surface area contributed by atoms with E-state index in [1.807, 2.05) is 0 Å². The number of aromatic nitrogens is 2. The zero-order valence-corrected chi connectivity index (χ0v) is 13.6. The van der Waals surface area contributed by atoms with E-state index in [1.165, 1.54) is 31.3 Å². The first-order valence-corrected chi connectivity index (χ1v) is 7.67. The summed E-state index contributed by atoms with van der Waals surface area (Å²) in [5, 5.41) is 10.4. The minimum atomic E-state index is -0.600. The second-order valence-corrected chi connectivity index (χ2v) is 5.92. The van der Waals surface area contributed by atoms with Gasteiger partial charge in [-0.25, -0.2) is 4.39 Å². The van der Waals surface area contributed by atoms with E-state index in [9.17, 15) is 19.1 Å². The van der Waals surface area contributed by atoms with E-state index in [0.717, 1.165) is 11.1 Å². The number of aromatic hydroxyl groups is 1. The number of carbonyl (C=O) groups excluding carboxylic acids is 2. The van der Waals surface area contributed by atoms with Crippen molar-refractivity contribution in [3.8, 4) is 17.1 Å². The summed E-state index contributed by atoms with van der Waals surface area (Å²) in [7, 11) is 7.25. The zero-order valence-electron chi connectivity index (χ0n) is 13.6. The van der Waals surface area contributed by atoms with E-state index in [2.05, 4.69) is 9.97 Å². The van der Waals surface area contributed by atoms with Gasteiger partial charge < -0.3 is 10.1 Å². The lowest BCUT2D eigenvalue weighted by atomic mass is 9.87. The number of phenols is 1. The van der Waals surface area contributed by atoms with Crippen molar-refractivity contribution < 1.29 is 19.1 Å². The van der Waals surface area contributed by atoms with Crippen LogP contribution in [0.25, 0.3) is 27.9 Å². The summed E-state index contributed by atoms with van der Waals surface area (Å²) >= 11 is 0. The van der Waals surface area contributed by atoms with Crippen molar-refractivity contribution in [3.63, 3.8) is 0 Å². The van der Waals surface area contributed by atoms with E-state index in [-0.39, 0.29) is 16.8 Å². The molecule has 1 aromatic carbocycles. The molecule has 8 heteroatoms. The van der Waals surface area contributed by atoms with Crippen molar-refractivity contribution in [2.24, 2.45) is 0 Å². The van der Waals surface area contributed by atoms with Crippen LogP contribution in [0, 0.1) is 5.82 Å². The fourth-order valence-corrected chi connectivity index (χ4v) is 3.06. The molecule has 3 aromatic rings. The van der Waals surface area contributed by atoms with Crippen LogP contribution in [0.4, 0.5) is 4.39 Å². The molecule has 0 atom stereocenters. The quantitative estimate of drug-likeness (QED) is 0.548. The number of hydrogen-bond acceptors (Lipinski definition) is 4. The number of benzene rings is 1. The number of imide groups is 1. The Balaban J connectivity index is 2.08. The molecule has 0 unspecified atom stereocenters. The number of nitrogens with one attached hydrogen (secondary N) is 1. The van der Waals surface area contributed by atoms with Crippen molar-refractivity contribution in [1.82, 2.24) is 14.9 Å². The van der Waals surface area contributed by atoms with Gasteiger partial charge in [-0.1, -0.05) is 0 Å². The number of pyridine rings is 1. The number of phenolic OH excluding ortho intramolecular Hbond substituents is 1. The van der Waals surface area contributed by atoms with Gasteiger partial charge in [0.15, 0.2) is 0 Å². The number of hydrogen-bond donors (Lipinski definition) is 2. The van der Waals surface area contributed by atoms with Crippen LogP contribution in [0.5, 0.6) is 5.75 Å². The average molecular weight is 347 g/mol. The van der Waals surface area contributed by atoms with Crippen LogP contribution in [0.15, 0.2) is 42.0 Å². The van der Waals surface area contributed by atoms with E-state index < -0.39 is 17.6 Å². The highest BCUT2D eigenvalue weighted by molar-refractivity contribution is 6.52. The van der Waals surface area contributed by atoms with Gasteiger partial charge in [0, 0.05) is 29.1 Å². The van der Waals surface area contributed by atoms with Gasteiger partial charge in [0.2, 0.25) is 5.91 Å². The Bertz CT molecular complexity index is 1120. The van der Waals surface area contributed by atoms with E-state index >= 15 is 0 Å². The van der Waals surface area contributed by atoms with Crippen molar-refractivity contribution in [3.05, 3.63) is 53.4 Å². The highest BCUT2D eigenvalue weighted by Gasteiger charge is 2.36. The van der Waals surface area contributed by atoms with Crippen LogP contribution < -0.4 is 0 Å². The third-order valence-corrected chi connectivity index (χ3v) is 4.34. The van der Waals surface area contributed by atoms with Crippen LogP contribution in [-0.2, 0) is 9.59 Å². The molecule has 0 bridgehead atoms. The number of nitrogens with zero attached hydrogens (tertiary/aromatic N) is 2. The number of aromatic amines is 1. The Morgan fingerprint density at radius 3 is 2.58 bits per heavy atom. The van der Waals surface area contributed by atoms with Crippen molar-refractivity contribution >= 4 is 36.1 Å². The van der Waals surface area contributed by atoms with Crippen LogP contribution in [0.2, 0.25) is 0 Å². The summed E-state index contributed by atoms with van der Waals surface area (Å²) < 4.78 is 13.2. The predicted octanol–water partition coefficient (Wildman–Crippen LogP) is 1.95. The number of rotatable bonds is 2. The Kier molecular flexibility index (Phi) is 3.43. The largest absolute Gasteiger partial charge is 0.508 e. The molecule has 0 aliphatic carbocycles. The van der Waals surface area contributed by atoms with Gasteiger partial charge in [-0.3, -0.25) is 19.5 Å².